The molecule has 2 aromatic rings. The number of halogens is 1. The number of thiazole rings is 1. The van der Waals surface area contributed by atoms with Crippen LogP contribution in [-0.4, -0.2) is 44.2 Å². The zero-order valence-corrected chi connectivity index (χ0v) is 15.7. The Morgan fingerprint density at radius 1 is 1.35 bits per heavy atom. The van der Waals surface area contributed by atoms with Crippen LogP contribution in [0.5, 0.6) is 0 Å². The lowest BCUT2D eigenvalue weighted by atomic mass is 9.79. The van der Waals surface area contributed by atoms with Crippen molar-refractivity contribution in [3.8, 4) is 0 Å². The molecule has 1 aromatic carbocycles. The third-order valence-corrected chi connectivity index (χ3v) is 5.78. The van der Waals surface area contributed by atoms with Crippen molar-refractivity contribution >= 4 is 17.2 Å². The number of aromatic nitrogens is 1. The molecule has 0 atom stereocenters. The van der Waals surface area contributed by atoms with Gasteiger partial charge >= 0.3 is 0 Å². The third kappa shape index (κ3) is 4.87. The Kier molecular flexibility index (Phi) is 6.34. The minimum atomic E-state index is -0.254. The van der Waals surface area contributed by atoms with Gasteiger partial charge in [0.05, 0.1) is 17.8 Å². The van der Waals surface area contributed by atoms with Gasteiger partial charge in [-0.3, -0.25) is 4.79 Å². The highest BCUT2D eigenvalue weighted by atomic mass is 32.1. The molecule has 1 saturated heterocycles. The van der Waals surface area contributed by atoms with Crippen molar-refractivity contribution in [1.29, 1.82) is 0 Å². The highest BCUT2D eigenvalue weighted by Gasteiger charge is 2.32. The molecule has 1 aromatic heterocycles. The van der Waals surface area contributed by atoms with Crippen LogP contribution in [0, 0.1) is 11.2 Å². The minimum Gasteiger partial charge on any atom is -0.384 e. The second-order valence-electron chi connectivity index (χ2n) is 6.79. The number of benzene rings is 1. The van der Waals surface area contributed by atoms with Crippen LogP contribution in [0.15, 0.2) is 30.5 Å². The lowest BCUT2D eigenvalue weighted by molar-refractivity contribution is 0.0512. The van der Waals surface area contributed by atoms with Crippen LogP contribution in [0.3, 0.4) is 0 Å². The van der Waals surface area contributed by atoms with E-state index in [4.69, 9.17) is 4.74 Å². The number of hydrogen-bond acceptors (Lipinski definition) is 5. The Hall–Kier alpha value is -1.83. The van der Waals surface area contributed by atoms with Gasteiger partial charge in [0.1, 0.15) is 10.7 Å². The first kappa shape index (κ1) is 18.9. The quantitative estimate of drug-likeness (QED) is 0.779. The van der Waals surface area contributed by atoms with Crippen molar-refractivity contribution in [2.45, 2.75) is 19.3 Å². The Labute approximate surface area is 157 Å². The van der Waals surface area contributed by atoms with Gasteiger partial charge in [0.2, 0.25) is 0 Å². The van der Waals surface area contributed by atoms with E-state index in [2.05, 4.69) is 15.6 Å². The average Bonchev–Trinajstić information content (AvgIpc) is 3.11. The molecule has 5 nitrogen and oxygen atoms in total. The topological polar surface area (TPSA) is 63.2 Å². The summed E-state index contributed by atoms with van der Waals surface area (Å²) in [7, 11) is 1.70. The van der Waals surface area contributed by atoms with Crippen molar-refractivity contribution in [3.05, 3.63) is 51.7 Å². The van der Waals surface area contributed by atoms with Crippen molar-refractivity contribution in [3.63, 3.8) is 0 Å². The molecule has 0 spiro atoms. The van der Waals surface area contributed by atoms with Crippen LogP contribution in [0.4, 0.5) is 4.39 Å². The summed E-state index contributed by atoms with van der Waals surface area (Å²) in [5.74, 6) is -0.349. The van der Waals surface area contributed by atoms with Crippen LogP contribution in [0.1, 0.15) is 33.1 Å². The number of hydrogen-bond donors (Lipinski definition) is 2. The SMILES string of the molecule is COCC1(CNC(=O)c2cnc(Cc3ccc(F)cc3)s2)CCNCC1. The van der Waals surface area contributed by atoms with Crippen LogP contribution >= 0.6 is 11.3 Å². The molecule has 1 aliphatic heterocycles. The molecule has 2 heterocycles. The molecule has 0 radical (unpaired) electrons. The van der Waals surface area contributed by atoms with Crippen LogP contribution in [0.25, 0.3) is 0 Å². The molecule has 0 bridgehead atoms. The van der Waals surface area contributed by atoms with E-state index in [1.807, 2.05) is 0 Å². The van der Waals surface area contributed by atoms with Gasteiger partial charge in [0, 0.05) is 25.5 Å². The van der Waals surface area contributed by atoms with E-state index >= 15 is 0 Å². The van der Waals surface area contributed by atoms with Gasteiger partial charge in [-0.15, -0.1) is 11.3 Å². The van der Waals surface area contributed by atoms with Crippen LogP contribution in [0.2, 0.25) is 0 Å². The lowest BCUT2D eigenvalue weighted by Gasteiger charge is -2.37. The first-order chi connectivity index (χ1) is 12.6. The van der Waals surface area contributed by atoms with E-state index in [1.54, 1.807) is 25.4 Å². The lowest BCUT2D eigenvalue weighted by Crippen LogP contribution is -2.47. The summed E-state index contributed by atoms with van der Waals surface area (Å²) in [6.07, 6.45) is 4.18. The Morgan fingerprint density at radius 3 is 2.77 bits per heavy atom. The number of nitrogens with zero attached hydrogens (tertiary/aromatic N) is 1. The molecule has 1 fully saturated rings. The second-order valence-corrected chi connectivity index (χ2v) is 7.90. The standard InChI is InChI=1S/C19H24FN3O2S/c1-25-13-19(6-8-21-9-7-19)12-23-18(24)16-11-22-17(26-16)10-14-2-4-15(20)5-3-14/h2-5,11,21H,6-10,12-13H2,1H3,(H,23,24). The van der Waals surface area contributed by atoms with Gasteiger partial charge in [0.25, 0.3) is 5.91 Å². The summed E-state index contributed by atoms with van der Waals surface area (Å²) in [6.45, 7) is 3.14. The fraction of sp³-hybridized carbons (Fsp3) is 0.474. The number of carbonyl (C=O) groups excluding carboxylic acids is 1. The van der Waals surface area contributed by atoms with Gasteiger partial charge in [0.15, 0.2) is 0 Å². The Bertz CT molecular complexity index is 721. The monoisotopic (exact) mass is 377 g/mol. The largest absolute Gasteiger partial charge is 0.384 e. The van der Waals surface area contributed by atoms with E-state index in [1.165, 1.54) is 23.5 Å². The normalized spacial score (nSPS) is 16.4. The van der Waals surface area contributed by atoms with E-state index in [9.17, 15) is 9.18 Å². The summed E-state index contributed by atoms with van der Waals surface area (Å²) in [4.78, 5) is 17.4. The number of nitrogens with one attached hydrogen (secondary N) is 2. The number of piperidine rings is 1. The third-order valence-electron chi connectivity index (χ3n) is 4.78. The molecule has 0 unspecified atom stereocenters. The van der Waals surface area contributed by atoms with Gasteiger partial charge in [-0.2, -0.15) is 0 Å². The average molecular weight is 377 g/mol. The molecule has 7 heteroatoms. The summed E-state index contributed by atoms with van der Waals surface area (Å²) in [5, 5.41) is 7.24. The van der Waals surface area contributed by atoms with Crippen molar-refractivity contribution in [2.75, 3.05) is 33.4 Å². The number of rotatable bonds is 7. The van der Waals surface area contributed by atoms with Gasteiger partial charge in [-0.05, 0) is 43.6 Å². The molecule has 0 aliphatic carbocycles. The van der Waals surface area contributed by atoms with Crippen molar-refractivity contribution in [2.24, 2.45) is 5.41 Å². The van der Waals surface area contributed by atoms with Gasteiger partial charge < -0.3 is 15.4 Å². The van der Waals surface area contributed by atoms with E-state index in [0.29, 0.717) is 24.4 Å². The van der Waals surface area contributed by atoms with E-state index < -0.39 is 0 Å². The zero-order valence-electron chi connectivity index (χ0n) is 14.9. The highest BCUT2D eigenvalue weighted by molar-refractivity contribution is 7.13. The Balaban J connectivity index is 1.58. The number of ether oxygens (including phenoxy) is 1. The zero-order chi connectivity index (χ0) is 18.4. The molecule has 26 heavy (non-hydrogen) atoms. The molecule has 1 aliphatic rings. The number of amides is 1. The molecule has 0 saturated carbocycles. The van der Waals surface area contributed by atoms with E-state index in [0.717, 1.165) is 36.5 Å². The molecular formula is C19H24FN3O2S. The minimum absolute atomic E-state index is 0.00269. The fourth-order valence-corrected chi connectivity index (χ4v) is 4.13. The summed E-state index contributed by atoms with van der Waals surface area (Å²) >= 11 is 1.38. The van der Waals surface area contributed by atoms with Gasteiger partial charge in [-0.1, -0.05) is 12.1 Å². The second kappa shape index (κ2) is 8.70. The summed E-state index contributed by atoms with van der Waals surface area (Å²) < 4.78 is 18.4. The first-order valence-electron chi connectivity index (χ1n) is 8.77. The molecule has 2 N–H and O–H groups in total. The molecule has 3 rings (SSSR count). The van der Waals surface area contributed by atoms with E-state index in [-0.39, 0.29) is 17.1 Å². The maximum atomic E-state index is 13.0. The molecular weight excluding hydrogens is 353 g/mol. The molecule has 140 valence electrons. The predicted octanol–water partition coefficient (Wildman–Crippen LogP) is 2.62. The number of methoxy groups -OCH3 is 1. The van der Waals surface area contributed by atoms with Crippen LogP contribution < -0.4 is 10.6 Å². The Morgan fingerprint density at radius 2 is 2.08 bits per heavy atom. The smallest absolute Gasteiger partial charge is 0.263 e. The maximum absolute atomic E-state index is 13.0. The predicted molar refractivity (Wildman–Crippen MR) is 100 cm³/mol. The van der Waals surface area contributed by atoms with Crippen molar-refractivity contribution < 1.29 is 13.9 Å². The summed E-state index contributed by atoms with van der Waals surface area (Å²) in [5.41, 5.74) is 0.971. The number of carbonyl (C=O) groups is 1. The fourth-order valence-electron chi connectivity index (χ4n) is 3.26. The van der Waals surface area contributed by atoms with Crippen molar-refractivity contribution in [1.82, 2.24) is 15.6 Å². The summed E-state index contributed by atoms with van der Waals surface area (Å²) in [6, 6.07) is 6.35. The maximum Gasteiger partial charge on any atom is 0.263 e. The van der Waals surface area contributed by atoms with Crippen LogP contribution in [-0.2, 0) is 11.2 Å². The van der Waals surface area contributed by atoms with Gasteiger partial charge in [-0.25, -0.2) is 9.37 Å². The molecule has 1 amide bonds. The first-order valence-corrected chi connectivity index (χ1v) is 9.59. The highest BCUT2D eigenvalue weighted by Crippen LogP contribution is 2.28.